The first kappa shape index (κ1) is 40.5. The van der Waals surface area contributed by atoms with Crippen molar-refractivity contribution < 1.29 is 28.4 Å². The summed E-state index contributed by atoms with van der Waals surface area (Å²) < 4.78 is 37.3. The van der Waals surface area contributed by atoms with Crippen molar-refractivity contribution in [3.63, 3.8) is 0 Å². The van der Waals surface area contributed by atoms with Crippen LogP contribution in [0.25, 0.3) is 0 Å². The van der Waals surface area contributed by atoms with E-state index in [2.05, 4.69) is 82.4 Å². The molecule has 0 saturated heterocycles. The Kier molecular flexibility index (Phi) is 17.7. The van der Waals surface area contributed by atoms with Crippen molar-refractivity contribution in [2.24, 2.45) is 11.1 Å². The first-order chi connectivity index (χ1) is 19.2. The third-order valence-electron chi connectivity index (χ3n) is 7.54. The molecule has 42 heavy (non-hydrogen) atoms. The van der Waals surface area contributed by atoms with E-state index < -0.39 is 16.8 Å². The van der Waals surface area contributed by atoms with Crippen molar-refractivity contribution in [1.82, 2.24) is 0 Å². The zero-order valence-corrected chi connectivity index (χ0v) is 29.4. The number of rotatable bonds is 23. The molecule has 0 aliphatic heterocycles. The molecule has 0 rings (SSSR count). The van der Waals surface area contributed by atoms with Gasteiger partial charge in [0.05, 0.1) is 55.4 Å². The van der Waals surface area contributed by atoms with Gasteiger partial charge in [-0.3, -0.25) is 0 Å². The Balaban J connectivity index is 5.58. The molecule has 0 aliphatic rings. The van der Waals surface area contributed by atoms with Gasteiger partial charge in [0.2, 0.25) is 0 Å². The number of nitrogens with two attached hydrogens (primary N) is 1. The molecule has 0 saturated carbocycles. The molecule has 0 fully saturated rings. The van der Waals surface area contributed by atoms with Crippen LogP contribution in [0.5, 0.6) is 0 Å². The van der Waals surface area contributed by atoms with E-state index in [-0.39, 0.29) is 23.9 Å². The van der Waals surface area contributed by atoms with Gasteiger partial charge in [-0.05, 0) is 93.7 Å². The van der Waals surface area contributed by atoms with Crippen molar-refractivity contribution in [3.05, 3.63) is 48.3 Å². The molecule has 0 aromatic carbocycles. The van der Waals surface area contributed by atoms with Gasteiger partial charge < -0.3 is 34.2 Å². The quantitative estimate of drug-likeness (QED) is 0.0556. The highest BCUT2D eigenvalue weighted by atomic mass is 16.6. The van der Waals surface area contributed by atoms with E-state index in [1.807, 2.05) is 26.8 Å². The van der Waals surface area contributed by atoms with E-state index in [9.17, 15) is 0 Å². The Labute approximate surface area is 258 Å². The Hall–Kier alpha value is -1.48. The molecule has 0 aliphatic carbocycles. The van der Waals surface area contributed by atoms with E-state index >= 15 is 0 Å². The van der Waals surface area contributed by atoms with Gasteiger partial charge in [-0.2, -0.15) is 0 Å². The van der Waals surface area contributed by atoms with Crippen LogP contribution >= 0.6 is 0 Å². The summed E-state index contributed by atoms with van der Waals surface area (Å²) in [6, 6.07) is 0. The van der Waals surface area contributed by atoms with Crippen molar-refractivity contribution in [1.29, 1.82) is 0 Å². The van der Waals surface area contributed by atoms with Gasteiger partial charge >= 0.3 is 0 Å². The van der Waals surface area contributed by atoms with E-state index in [1.165, 1.54) is 0 Å². The SMILES string of the molecule is C=C/C=C(C)\C(OCCOC(C)(C)CC(COC(C)(C)C(C)(C)COC(C)C)OC(C)(C)CCOC(C)N)=C(\C)C=C. The fourth-order valence-corrected chi connectivity index (χ4v) is 4.13. The molecule has 0 bridgehead atoms. The van der Waals surface area contributed by atoms with Crippen molar-refractivity contribution in [2.45, 2.75) is 138 Å². The lowest BCUT2D eigenvalue weighted by molar-refractivity contribution is -0.186. The number of ether oxygens (including phenoxy) is 6. The molecule has 7 heteroatoms. The first-order valence-corrected chi connectivity index (χ1v) is 15.4. The molecule has 0 amide bonds. The summed E-state index contributed by atoms with van der Waals surface area (Å²) in [6.45, 7) is 36.8. The van der Waals surface area contributed by atoms with Crippen LogP contribution in [0, 0.1) is 5.41 Å². The van der Waals surface area contributed by atoms with Crippen molar-refractivity contribution >= 4 is 0 Å². The summed E-state index contributed by atoms with van der Waals surface area (Å²) >= 11 is 0. The number of allylic oxidation sites excluding steroid dienone is 5. The maximum atomic E-state index is 6.69. The maximum Gasteiger partial charge on any atom is 0.125 e. The minimum Gasteiger partial charge on any atom is -0.491 e. The van der Waals surface area contributed by atoms with Crippen LogP contribution < -0.4 is 5.73 Å². The normalized spacial score (nSPS) is 15.8. The highest BCUT2D eigenvalue weighted by Crippen LogP contribution is 2.36. The van der Waals surface area contributed by atoms with Gasteiger partial charge in [0.25, 0.3) is 0 Å². The lowest BCUT2D eigenvalue weighted by Crippen LogP contribution is -2.48. The van der Waals surface area contributed by atoms with Gasteiger partial charge in [-0.25, -0.2) is 0 Å². The second-order valence-electron chi connectivity index (χ2n) is 13.9. The molecule has 0 spiro atoms. The minimum absolute atomic E-state index is 0.159. The Morgan fingerprint density at radius 1 is 0.833 bits per heavy atom. The van der Waals surface area contributed by atoms with Crippen molar-refractivity contribution in [2.75, 3.05) is 33.0 Å². The fourth-order valence-electron chi connectivity index (χ4n) is 4.13. The minimum atomic E-state index is -0.487. The maximum absolute atomic E-state index is 6.69. The molecule has 0 radical (unpaired) electrons. The van der Waals surface area contributed by atoms with Gasteiger partial charge in [-0.15, -0.1) is 0 Å². The topological polar surface area (TPSA) is 81.4 Å². The molecule has 2 unspecified atom stereocenters. The second kappa shape index (κ2) is 18.4. The van der Waals surface area contributed by atoms with Gasteiger partial charge in [0.1, 0.15) is 18.6 Å². The van der Waals surface area contributed by atoms with Crippen LogP contribution in [0.4, 0.5) is 0 Å². The fraction of sp³-hybridized carbons (Fsp3) is 0.771. The van der Waals surface area contributed by atoms with Crippen LogP contribution in [-0.2, 0) is 28.4 Å². The van der Waals surface area contributed by atoms with Gasteiger partial charge in [0.15, 0.2) is 0 Å². The van der Waals surface area contributed by atoms with Crippen LogP contribution in [0.1, 0.15) is 103 Å². The molecule has 7 nitrogen and oxygen atoms in total. The predicted octanol–water partition coefficient (Wildman–Crippen LogP) is 7.90. The Bertz CT molecular complexity index is 867. The lowest BCUT2D eigenvalue weighted by atomic mass is 9.77. The Morgan fingerprint density at radius 3 is 1.98 bits per heavy atom. The van der Waals surface area contributed by atoms with Crippen LogP contribution in [0.15, 0.2) is 48.3 Å². The standard InChI is InChI=1S/C35H65NO6/c1-16-18-28(6)31(27(5)17-2)38-21-22-40-34(12,13)23-30(42-33(10,11)19-20-37-29(7)36)24-41-35(14,15)32(8,9)25-39-26(3)4/h16-18,26,29-30H,1-2,19-25,36H2,3-15H3/b28-18-,31-27+. The molecular weight excluding hydrogens is 530 g/mol. The van der Waals surface area contributed by atoms with E-state index in [1.54, 1.807) is 12.2 Å². The van der Waals surface area contributed by atoms with E-state index in [4.69, 9.17) is 34.2 Å². The number of hydrogen-bond acceptors (Lipinski definition) is 7. The molecule has 0 heterocycles. The zero-order chi connectivity index (χ0) is 32.8. The summed E-state index contributed by atoms with van der Waals surface area (Å²) in [5.74, 6) is 0.794. The molecular formula is C35H65NO6. The first-order valence-electron chi connectivity index (χ1n) is 15.4. The second-order valence-corrected chi connectivity index (χ2v) is 13.9. The summed E-state index contributed by atoms with van der Waals surface area (Å²) in [7, 11) is 0. The van der Waals surface area contributed by atoms with Gasteiger partial charge in [-0.1, -0.05) is 45.2 Å². The molecule has 0 aromatic rings. The predicted molar refractivity (Wildman–Crippen MR) is 176 cm³/mol. The Morgan fingerprint density at radius 2 is 1.45 bits per heavy atom. The van der Waals surface area contributed by atoms with Crippen LogP contribution in [-0.4, -0.2) is 68.3 Å². The average molecular weight is 596 g/mol. The third-order valence-corrected chi connectivity index (χ3v) is 7.54. The summed E-state index contributed by atoms with van der Waals surface area (Å²) in [4.78, 5) is 0. The molecule has 2 N–H and O–H groups in total. The lowest BCUT2D eigenvalue weighted by Gasteiger charge is -2.43. The van der Waals surface area contributed by atoms with E-state index in [0.29, 0.717) is 45.9 Å². The molecule has 0 aromatic heterocycles. The summed E-state index contributed by atoms with van der Waals surface area (Å²) in [6.07, 6.45) is 6.43. The van der Waals surface area contributed by atoms with Crippen molar-refractivity contribution in [3.8, 4) is 0 Å². The zero-order valence-electron chi connectivity index (χ0n) is 29.4. The van der Waals surface area contributed by atoms with Crippen LogP contribution in [0.2, 0.25) is 0 Å². The largest absolute Gasteiger partial charge is 0.491 e. The average Bonchev–Trinajstić information content (AvgIpc) is 2.85. The van der Waals surface area contributed by atoms with E-state index in [0.717, 1.165) is 16.9 Å². The molecule has 2 atom stereocenters. The highest BCUT2D eigenvalue weighted by Gasteiger charge is 2.40. The summed E-state index contributed by atoms with van der Waals surface area (Å²) in [5.41, 5.74) is 6.15. The monoisotopic (exact) mass is 595 g/mol. The van der Waals surface area contributed by atoms with Crippen LogP contribution in [0.3, 0.4) is 0 Å². The third kappa shape index (κ3) is 16.4. The molecule has 246 valence electrons. The summed E-state index contributed by atoms with van der Waals surface area (Å²) in [5, 5.41) is 0. The smallest absolute Gasteiger partial charge is 0.125 e. The number of hydrogen-bond donors (Lipinski definition) is 1. The van der Waals surface area contributed by atoms with Gasteiger partial charge in [0, 0.05) is 11.8 Å². The highest BCUT2D eigenvalue weighted by molar-refractivity contribution is 5.34.